The van der Waals surface area contributed by atoms with Gasteiger partial charge < -0.3 is 21.7 Å². The maximum atomic E-state index is 13.8. The lowest BCUT2D eigenvalue weighted by atomic mass is 9.72. The van der Waals surface area contributed by atoms with Gasteiger partial charge in [0.1, 0.15) is 11.5 Å². The molecule has 152 valence electrons. The van der Waals surface area contributed by atoms with E-state index in [1.165, 1.54) is 0 Å². The van der Waals surface area contributed by atoms with Crippen molar-refractivity contribution in [2.75, 3.05) is 11.5 Å². The molecule has 0 atom stereocenters. The average Bonchev–Trinajstić information content (AvgIpc) is 2.44. The third kappa shape index (κ3) is 3.91. The summed E-state index contributed by atoms with van der Waals surface area (Å²) in [7, 11) is 0. The number of rotatable bonds is 2. The molecule has 0 saturated carbocycles. The first-order valence-corrected chi connectivity index (χ1v) is 6.63. The Morgan fingerprint density at radius 3 is 1.15 bits per heavy atom. The zero-order chi connectivity index (χ0) is 19.2. The summed E-state index contributed by atoms with van der Waals surface area (Å²) in [6.45, 7) is 0. The molecule has 12 heteroatoms. The molecule has 0 heterocycles. The molecule has 2 aromatic carbocycles. The number of phenols is 2. The molecular formula is C15H14Cl2F6N2O2. The maximum Gasteiger partial charge on any atom is 0.411 e. The van der Waals surface area contributed by atoms with Crippen molar-refractivity contribution in [2.24, 2.45) is 0 Å². The molecule has 0 aliphatic rings. The molecule has 0 aromatic heterocycles. The first-order chi connectivity index (χ1) is 11.3. The molecule has 0 aliphatic heterocycles. The van der Waals surface area contributed by atoms with E-state index in [9.17, 15) is 36.6 Å². The number of hydrogen-bond acceptors (Lipinski definition) is 4. The number of hydrogen-bond donors (Lipinski definition) is 4. The molecule has 27 heavy (non-hydrogen) atoms. The highest BCUT2D eigenvalue weighted by Gasteiger charge is 2.72. The van der Waals surface area contributed by atoms with E-state index in [-0.39, 0.29) is 24.8 Å². The lowest BCUT2D eigenvalue weighted by Gasteiger charge is -2.38. The minimum atomic E-state index is -5.82. The van der Waals surface area contributed by atoms with Crippen LogP contribution in [0.5, 0.6) is 11.5 Å². The second-order valence-electron chi connectivity index (χ2n) is 5.29. The molecule has 0 amide bonds. The van der Waals surface area contributed by atoms with E-state index in [0.717, 1.165) is 0 Å². The van der Waals surface area contributed by atoms with Crippen LogP contribution in [0.2, 0.25) is 0 Å². The number of benzene rings is 2. The summed E-state index contributed by atoms with van der Waals surface area (Å²) >= 11 is 0. The number of anilines is 2. The van der Waals surface area contributed by atoms with Crippen molar-refractivity contribution in [3.05, 3.63) is 47.5 Å². The number of nitrogen functional groups attached to an aromatic ring is 2. The van der Waals surface area contributed by atoms with Crippen molar-refractivity contribution in [3.8, 4) is 11.5 Å². The molecule has 0 bridgehead atoms. The third-order valence-electron chi connectivity index (χ3n) is 3.77. The summed E-state index contributed by atoms with van der Waals surface area (Å²) in [6.07, 6.45) is -11.6. The summed E-state index contributed by atoms with van der Waals surface area (Å²) in [6, 6.07) is 3.05. The summed E-state index contributed by atoms with van der Waals surface area (Å²) in [4.78, 5) is 0. The smallest absolute Gasteiger partial charge is 0.411 e. The van der Waals surface area contributed by atoms with E-state index in [4.69, 9.17) is 11.5 Å². The molecule has 0 spiro atoms. The lowest BCUT2D eigenvalue weighted by Crippen LogP contribution is -2.54. The van der Waals surface area contributed by atoms with Gasteiger partial charge in [-0.1, -0.05) is 12.1 Å². The van der Waals surface area contributed by atoms with Crippen molar-refractivity contribution < 1.29 is 36.6 Å². The highest BCUT2D eigenvalue weighted by atomic mass is 35.5. The number of phenolic OH excluding ortho intramolecular Hbond substituents is 2. The minimum Gasteiger partial charge on any atom is -0.506 e. The van der Waals surface area contributed by atoms with E-state index in [0.29, 0.717) is 36.4 Å². The monoisotopic (exact) mass is 438 g/mol. The van der Waals surface area contributed by atoms with Crippen molar-refractivity contribution in [1.29, 1.82) is 0 Å². The fourth-order valence-electron chi connectivity index (χ4n) is 2.56. The third-order valence-corrected chi connectivity index (χ3v) is 3.77. The molecule has 0 aliphatic carbocycles. The largest absolute Gasteiger partial charge is 0.506 e. The van der Waals surface area contributed by atoms with Gasteiger partial charge in [0.2, 0.25) is 5.41 Å². The van der Waals surface area contributed by atoms with Gasteiger partial charge in [-0.3, -0.25) is 0 Å². The molecule has 0 radical (unpaired) electrons. The summed E-state index contributed by atoms with van der Waals surface area (Å²) in [5, 5.41) is 18.7. The Labute approximate surface area is 161 Å². The summed E-state index contributed by atoms with van der Waals surface area (Å²) < 4.78 is 82.7. The van der Waals surface area contributed by atoms with Crippen LogP contribution in [0.1, 0.15) is 11.1 Å². The van der Waals surface area contributed by atoms with Crippen molar-refractivity contribution in [1.82, 2.24) is 0 Å². The molecule has 0 unspecified atom stereocenters. The highest BCUT2D eigenvalue weighted by molar-refractivity contribution is 5.85. The molecule has 0 fully saturated rings. The van der Waals surface area contributed by atoms with Crippen molar-refractivity contribution >= 4 is 36.2 Å². The fourth-order valence-corrected chi connectivity index (χ4v) is 2.56. The first-order valence-electron chi connectivity index (χ1n) is 6.63. The molecule has 2 aromatic rings. The van der Waals surface area contributed by atoms with Gasteiger partial charge in [0.15, 0.2) is 0 Å². The SMILES string of the molecule is Cl.Cl.Nc1cc(C(c2ccc(O)c(N)c2)(C(F)(F)F)C(F)(F)F)ccc1O. The minimum absolute atomic E-state index is 0. The lowest BCUT2D eigenvalue weighted by molar-refractivity contribution is -0.288. The summed E-state index contributed by atoms with van der Waals surface area (Å²) in [5.41, 5.74) is 2.33. The number of aromatic hydroxyl groups is 2. The van der Waals surface area contributed by atoms with Crippen molar-refractivity contribution in [3.63, 3.8) is 0 Å². The molecular weight excluding hydrogens is 425 g/mol. The molecule has 6 N–H and O–H groups in total. The Hall–Kier alpha value is -2.20. The first kappa shape index (κ1) is 24.8. The van der Waals surface area contributed by atoms with Crippen LogP contribution >= 0.6 is 24.8 Å². The van der Waals surface area contributed by atoms with Gasteiger partial charge in [-0.15, -0.1) is 24.8 Å². The fraction of sp³-hybridized carbons (Fsp3) is 0.200. The van der Waals surface area contributed by atoms with Crippen LogP contribution in [0.25, 0.3) is 0 Å². The van der Waals surface area contributed by atoms with Gasteiger partial charge >= 0.3 is 12.4 Å². The Bertz CT molecular complexity index is 744. The van der Waals surface area contributed by atoms with E-state index in [1.54, 1.807) is 0 Å². The predicted molar refractivity (Wildman–Crippen MR) is 92.4 cm³/mol. The van der Waals surface area contributed by atoms with Crippen molar-refractivity contribution in [2.45, 2.75) is 17.8 Å². The Morgan fingerprint density at radius 1 is 0.630 bits per heavy atom. The predicted octanol–water partition coefficient (Wildman–Crippen LogP) is 4.52. The Balaban J connectivity index is 0.00000338. The van der Waals surface area contributed by atoms with Crippen LogP contribution in [-0.2, 0) is 5.41 Å². The maximum absolute atomic E-state index is 13.8. The van der Waals surface area contributed by atoms with Gasteiger partial charge in [0.05, 0.1) is 11.4 Å². The standard InChI is InChI=1S/C15H12F6N2O2.2ClH/c16-14(17,18)13(15(19,20)21,7-1-3-11(24)9(22)5-7)8-2-4-12(25)10(23)6-8;;/h1-6,24-25H,22-23H2;2*1H. The van der Waals surface area contributed by atoms with E-state index < -0.39 is 51.8 Å². The molecule has 4 nitrogen and oxygen atoms in total. The van der Waals surface area contributed by atoms with Crippen LogP contribution < -0.4 is 11.5 Å². The number of alkyl halides is 6. The van der Waals surface area contributed by atoms with Gasteiger partial charge in [-0.2, -0.15) is 26.3 Å². The quantitative estimate of drug-likeness (QED) is 0.315. The van der Waals surface area contributed by atoms with Crippen LogP contribution in [0.3, 0.4) is 0 Å². The molecule has 2 rings (SSSR count). The van der Waals surface area contributed by atoms with Crippen LogP contribution in [-0.4, -0.2) is 22.6 Å². The van der Waals surface area contributed by atoms with Crippen LogP contribution in [0.15, 0.2) is 36.4 Å². The molecule has 0 saturated heterocycles. The second kappa shape index (κ2) is 7.81. The Morgan fingerprint density at radius 2 is 0.926 bits per heavy atom. The number of halogens is 8. The second-order valence-corrected chi connectivity index (χ2v) is 5.29. The van der Waals surface area contributed by atoms with E-state index in [2.05, 4.69) is 0 Å². The van der Waals surface area contributed by atoms with E-state index >= 15 is 0 Å². The zero-order valence-electron chi connectivity index (χ0n) is 13.1. The topological polar surface area (TPSA) is 92.5 Å². The van der Waals surface area contributed by atoms with Gasteiger partial charge in [-0.05, 0) is 35.4 Å². The Kier molecular flexibility index (Phi) is 7.17. The average molecular weight is 439 g/mol. The van der Waals surface area contributed by atoms with Gasteiger partial charge in [0, 0.05) is 0 Å². The normalized spacial score (nSPS) is 12.1. The summed E-state index contributed by atoms with van der Waals surface area (Å²) in [5.74, 6) is -1.32. The van der Waals surface area contributed by atoms with Crippen LogP contribution in [0.4, 0.5) is 37.7 Å². The van der Waals surface area contributed by atoms with E-state index in [1.807, 2.05) is 0 Å². The van der Waals surface area contributed by atoms with Crippen LogP contribution in [0, 0.1) is 0 Å². The zero-order valence-corrected chi connectivity index (χ0v) is 14.7. The number of nitrogens with two attached hydrogens (primary N) is 2. The van der Waals surface area contributed by atoms with Gasteiger partial charge in [0.25, 0.3) is 0 Å². The van der Waals surface area contributed by atoms with Gasteiger partial charge in [-0.25, -0.2) is 0 Å². The highest BCUT2D eigenvalue weighted by Crippen LogP contribution is 2.57.